The zero-order valence-electron chi connectivity index (χ0n) is 44.2. The Morgan fingerprint density at radius 2 is 1.01 bits per heavy atom. The largest absolute Gasteiger partial charge is 0.311 e. The van der Waals surface area contributed by atoms with Crippen LogP contribution in [0.4, 0.5) is 51.2 Å². The van der Waals surface area contributed by atoms with Crippen molar-refractivity contribution in [3.8, 4) is 0 Å². The summed E-state index contributed by atoms with van der Waals surface area (Å²) in [6.07, 6.45) is 4.80. The second-order valence-electron chi connectivity index (χ2n) is 25.0. The average Bonchev–Trinajstić information content (AvgIpc) is 3.71. The molecule has 5 heteroatoms. The lowest BCUT2D eigenvalue weighted by atomic mass is 9.35. The van der Waals surface area contributed by atoms with Gasteiger partial charge in [-0.1, -0.05) is 150 Å². The number of anilines is 9. The van der Waals surface area contributed by atoms with Gasteiger partial charge in [0.1, 0.15) is 0 Å². The van der Waals surface area contributed by atoms with Crippen molar-refractivity contribution in [1.82, 2.24) is 0 Å². The van der Waals surface area contributed by atoms with Gasteiger partial charge in [-0.25, -0.2) is 0 Å². The lowest BCUT2D eigenvalue weighted by molar-refractivity contribution is 0.332. The lowest BCUT2D eigenvalue weighted by Gasteiger charge is -2.47. The molecule has 0 saturated carbocycles. The first-order chi connectivity index (χ1) is 33.8. The minimum absolute atomic E-state index is 0.0200. The Morgan fingerprint density at radius 1 is 0.535 bits per heavy atom. The van der Waals surface area contributed by atoms with Crippen LogP contribution in [0.2, 0.25) is 0 Å². The van der Waals surface area contributed by atoms with Crippen molar-refractivity contribution >= 4 is 95.0 Å². The molecule has 0 fully saturated rings. The van der Waals surface area contributed by atoms with Gasteiger partial charge in [-0.3, -0.25) is 0 Å². The van der Waals surface area contributed by atoms with E-state index in [1.54, 1.807) is 5.56 Å². The highest BCUT2D eigenvalue weighted by atomic mass is 32.1. The van der Waals surface area contributed by atoms with Gasteiger partial charge < -0.3 is 14.7 Å². The van der Waals surface area contributed by atoms with Gasteiger partial charge in [0.2, 0.25) is 0 Å². The molecule has 2 atom stereocenters. The topological polar surface area (TPSA) is 9.72 Å². The third kappa shape index (κ3) is 7.42. The minimum Gasteiger partial charge on any atom is -0.311 e. The third-order valence-corrected chi connectivity index (χ3v) is 18.4. The predicted molar refractivity (Wildman–Crippen MR) is 309 cm³/mol. The first kappa shape index (κ1) is 46.1. The van der Waals surface area contributed by atoms with E-state index in [1.807, 2.05) is 0 Å². The molecule has 2 aliphatic heterocycles. The lowest BCUT2D eigenvalue weighted by Crippen LogP contribution is -2.61. The van der Waals surface area contributed by atoms with E-state index in [2.05, 4.69) is 255 Å². The van der Waals surface area contributed by atoms with Crippen LogP contribution in [0, 0.1) is 0 Å². The standard InChI is InChI=1S/C66H70BN3S/c1-41-23-24-42(2)51-38-59-52(37-50(41)51)61-62(71-59)67-55-39-53-54(66(11,12)34-33-65(53,9)10)40-56(55)69(47-29-25-43(26-30-47)63(3,4)5)57-35-49(68(45-19-15-13-16-20-45)46-21-17-14-18-22-46)36-58(60(57)67)70(61)48-31-27-44(28-32-48)64(6,7)8/h13-22,25-32,35-42H,23-24,33-34H2,1-12H3. The highest BCUT2D eigenvalue weighted by molar-refractivity contribution is 7.33. The van der Waals surface area contributed by atoms with Gasteiger partial charge in [0.05, 0.1) is 11.4 Å². The van der Waals surface area contributed by atoms with E-state index in [0.29, 0.717) is 11.8 Å². The number of hydrogen-bond donors (Lipinski definition) is 0. The molecule has 0 saturated heterocycles. The first-order valence-corrected chi connectivity index (χ1v) is 27.3. The van der Waals surface area contributed by atoms with E-state index < -0.39 is 0 Å². The second kappa shape index (κ2) is 16.2. The number of nitrogens with zero attached hydrogens (tertiary/aromatic N) is 3. The Morgan fingerprint density at radius 3 is 1.54 bits per heavy atom. The van der Waals surface area contributed by atoms with Crippen molar-refractivity contribution in [3.63, 3.8) is 0 Å². The van der Waals surface area contributed by atoms with E-state index in [9.17, 15) is 0 Å². The number of fused-ring (bicyclic) bond motifs is 8. The van der Waals surface area contributed by atoms with Crippen LogP contribution in [0.1, 0.15) is 154 Å². The Hall–Kier alpha value is -6.04. The van der Waals surface area contributed by atoms with Crippen LogP contribution in [0.15, 0.2) is 146 Å². The molecular formula is C66H70BN3S. The fourth-order valence-electron chi connectivity index (χ4n) is 12.8. The minimum atomic E-state index is 0.0200. The van der Waals surface area contributed by atoms with E-state index in [4.69, 9.17) is 0 Å². The maximum absolute atomic E-state index is 2.70. The molecule has 0 radical (unpaired) electrons. The monoisotopic (exact) mass is 948 g/mol. The molecule has 4 aliphatic rings. The van der Waals surface area contributed by atoms with Gasteiger partial charge in [0.15, 0.2) is 0 Å². The van der Waals surface area contributed by atoms with Gasteiger partial charge in [-0.15, -0.1) is 11.3 Å². The van der Waals surface area contributed by atoms with Crippen molar-refractivity contribution < 1.29 is 0 Å². The van der Waals surface area contributed by atoms with Gasteiger partial charge in [0, 0.05) is 54.7 Å². The molecule has 0 amide bonds. The van der Waals surface area contributed by atoms with Crippen LogP contribution in [-0.4, -0.2) is 6.71 Å². The fourth-order valence-corrected chi connectivity index (χ4v) is 14.1. The zero-order chi connectivity index (χ0) is 49.5. The van der Waals surface area contributed by atoms with Crippen molar-refractivity contribution in [2.45, 2.75) is 142 Å². The summed E-state index contributed by atoms with van der Waals surface area (Å²) in [7, 11) is 0. The molecule has 3 heterocycles. The van der Waals surface area contributed by atoms with E-state index in [0.717, 1.165) is 23.5 Å². The first-order valence-electron chi connectivity index (χ1n) is 26.5. The Bertz CT molecular complexity index is 3330. The number of hydrogen-bond acceptors (Lipinski definition) is 4. The number of benzene rings is 7. The second-order valence-corrected chi connectivity index (χ2v) is 26.1. The number of rotatable bonds is 5. The molecule has 7 aromatic carbocycles. The van der Waals surface area contributed by atoms with E-state index in [-0.39, 0.29) is 28.4 Å². The normalized spacial score (nSPS) is 18.6. The van der Waals surface area contributed by atoms with Crippen LogP contribution < -0.4 is 30.4 Å². The summed E-state index contributed by atoms with van der Waals surface area (Å²) in [4.78, 5) is 7.82. The maximum Gasteiger partial charge on any atom is 0.264 e. The summed E-state index contributed by atoms with van der Waals surface area (Å²) in [6.45, 7) is 28.8. The van der Waals surface area contributed by atoms with Crippen LogP contribution in [0.3, 0.4) is 0 Å². The maximum atomic E-state index is 2.70. The summed E-state index contributed by atoms with van der Waals surface area (Å²) in [5.74, 6) is 1.07. The molecule has 0 spiro atoms. The SMILES string of the molecule is CC1CCC(C)c2cc3c4c(sc3cc21)B1c2cc3c(cc2N(c2ccc(C(C)(C)C)cc2)c2cc(N(c5ccccc5)c5ccccc5)cc(c21)N4c1ccc(C(C)(C)C)cc1)C(C)(C)CCC3(C)C. The molecule has 3 nitrogen and oxygen atoms in total. The number of thiophene rings is 1. The Labute approximate surface area is 428 Å². The molecule has 2 unspecified atom stereocenters. The molecular weight excluding hydrogens is 878 g/mol. The van der Waals surface area contributed by atoms with Crippen molar-refractivity contribution in [3.05, 3.63) is 179 Å². The van der Waals surface area contributed by atoms with Crippen molar-refractivity contribution in [1.29, 1.82) is 0 Å². The summed E-state index contributed by atoms with van der Waals surface area (Å²) < 4.78 is 2.85. The van der Waals surface area contributed by atoms with Crippen LogP contribution in [-0.2, 0) is 21.7 Å². The highest BCUT2D eigenvalue weighted by Crippen LogP contribution is 2.54. The molecule has 1 aromatic heterocycles. The van der Waals surface area contributed by atoms with Crippen molar-refractivity contribution in [2.75, 3.05) is 14.7 Å². The predicted octanol–water partition coefficient (Wildman–Crippen LogP) is 17.4. The van der Waals surface area contributed by atoms with E-state index >= 15 is 0 Å². The zero-order valence-corrected chi connectivity index (χ0v) is 45.0. The molecule has 8 aromatic rings. The molecule has 0 bridgehead atoms. The summed E-state index contributed by atoms with van der Waals surface area (Å²) in [5.41, 5.74) is 22.6. The van der Waals surface area contributed by atoms with Crippen LogP contribution in [0.5, 0.6) is 0 Å². The van der Waals surface area contributed by atoms with Crippen LogP contribution >= 0.6 is 11.3 Å². The molecule has 2 aliphatic carbocycles. The average molecular weight is 948 g/mol. The fraction of sp³-hybridized carbons (Fsp3) is 0.333. The van der Waals surface area contributed by atoms with Gasteiger partial charge >= 0.3 is 0 Å². The van der Waals surface area contributed by atoms with Crippen LogP contribution in [0.25, 0.3) is 10.1 Å². The van der Waals surface area contributed by atoms with Gasteiger partial charge in [0.25, 0.3) is 6.71 Å². The number of para-hydroxylation sites is 2. The molecule has 71 heavy (non-hydrogen) atoms. The van der Waals surface area contributed by atoms with Gasteiger partial charge in [-0.05, 0) is 182 Å². The smallest absolute Gasteiger partial charge is 0.264 e. The molecule has 12 rings (SSSR count). The van der Waals surface area contributed by atoms with E-state index in [1.165, 1.54) is 107 Å². The third-order valence-electron chi connectivity index (χ3n) is 17.2. The molecule has 358 valence electrons. The summed E-state index contributed by atoms with van der Waals surface area (Å²) >= 11 is 2.06. The van der Waals surface area contributed by atoms with Crippen molar-refractivity contribution in [2.24, 2.45) is 0 Å². The van der Waals surface area contributed by atoms with Gasteiger partial charge in [-0.2, -0.15) is 0 Å². The Kier molecular flexibility index (Phi) is 10.5. The highest BCUT2D eigenvalue weighted by Gasteiger charge is 2.48. The summed E-state index contributed by atoms with van der Waals surface area (Å²) in [6, 6.07) is 56.8. The summed E-state index contributed by atoms with van der Waals surface area (Å²) in [5, 5.41) is 1.38. The quantitative estimate of drug-likeness (QED) is 0.159. The molecule has 0 N–H and O–H groups in total. The Balaban J connectivity index is 1.25.